The highest BCUT2D eigenvalue weighted by molar-refractivity contribution is 7.89. The van der Waals surface area contributed by atoms with Crippen LogP contribution in [0.3, 0.4) is 0 Å². The van der Waals surface area contributed by atoms with Crippen molar-refractivity contribution < 1.29 is 27.1 Å². The number of carboxylic acids is 1. The van der Waals surface area contributed by atoms with Crippen molar-refractivity contribution in [2.24, 2.45) is 5.92 Å². The predicted octanol–water partition coefficient (Wildman–Crippen LogP) is 2.15. The molecule has 9 heteroatoms. The van der Waals surface area contributed by atoms with Gasteiger partial charge in [-0.2, -0.15) is 0 Å². The lowest BCUT2D eigenvalue weighted by molar-refractivity contribution is -0.137. The Morgan fingerprint density at radius 1 is 1.38 bits per heavy atom. The smallest absolute Gasteiger partial charge is 0.304 e. The molecular weight excluding hydrogens is 328 g/mol. The largest absolute Gasteiger partial charge is 0.481 e. The van der Waals surface area contributed by atoms with Crippen LogP contribution >= 0.6 is 11.6 Å². The standard InChI is InChI=1S/C12H12ClF2NO4S/c13-7-3-11(9(15)4-8(7)14)21(19,20)16-10(5-12(17)18)6-1-2-6/h3-4,6,10,16H,1-2,5H2,(H,17,18)/t10-/m0/s1. The molecule has 1 atom stereocenters. The maximum absolute atomic E-state index is 13.6. The summed E-state index contributed by atoms with van der Waals surface area (Å²) in [6.45, 7) is 0. The van der Waals surface area contributed by atoms with Crippen LogP contribution in [0, 0.1) is 17.6 Å². The van der Waals surface area contributed by atoms with Gasteiger partial charge < -0.3 is 5.11 Å². The minimum absolute atomic E-state index is 0.0881. The van der Waals surface area contributed by atoms with Crippen molar-refractivity contribution in [3.8, 4) is 0 Å². The lowest BCUT2D eigenvalue weighted by atomic mass is 10.1. The first-order chi connectivity index (χ1) is 9.70. The quantitative estimate of drug-likeness (QED) is 0.778. The van der Waals surface area contributed by atoms with E-state index in [1.54, 1.807) is 0 Å². The third-order valence-corrected chi connectivity index (χ3v) is 4.95. The van der Waals surface area contributed by atoms with Gasteiger partial charge >= 0.3 is 5.97 Å². The van der Waals surface area contributed by atoms with Gasteiger partial charge in [0.25, 0.3) is 0 Å². The second-order valence-electron chi connectivity index (χ2n) is 4.86. The van der Waals surface area contributed by atoms with E-state index >= 15 is 0 Å². The molecule has 1 aliphatic rings. The van der Waals surface area contributed by atoms with Crippen LogP contribution in [0.1, 0.15) is 19.3 Å². The Labute approximate surface area is 125 Å². The Balaban J connectivity index is 2.29. The fourth-order valence-electron chi connectivity index (χ4n) is 1.96. The topological polar surface area (TPSA) is 83.5 Å². The summed E-state index contributed by atoms with van der Waals surface area (Å²) in [7, 11) is -4.32. The molecule has 5 nitrogen and oxygen atoms in total. The first-order valence-electron chi connectivity index (χ1n) is 6.09. The minimum atomic E-state index is -4.32. The molecule has 0 amide bonds. The number of benzene rings is 1. The van der Waals surface area contributed by atoms with Crippen LogP contribution in [-0.4, -0.2) is 25.5 Å². The molecule has 2 rings (SSSR count). The minimum Gasteiger partial charge on any atom is -0.481 e. The number of hydrogen-bond donors (Lipinski definition) is 2. The lowest BCUT2D eigenvalue weighted by Crippen LogP contribution is -2.38. The van der Waals surface area contributed by atoms with E-state index in [-0.39, 0.29) is 5.92 Å². The van der Waals surface area contributed by atoms with E-state index in [1.165, 1.54) is 0 Å². The molecule has 0 spiro atoms. The van der Waals surface area contributed by atoms with Crippen LogP contribution in [0.25, 0.3) is 0 Å². The summed E-state index contributed by atoms with van der Waals surface area (Å²) in [5.74, 6) is -3.60. The van der Waals surface area contributed by atoms with Crippen LogP contribution < -0.4 is 4.72 Å². The van der Waals surface area contributed by atoms with Gasteiger partial charge in [-0.05, 0) is 24.8 Å². The molecule has 1 saturated carbocycles. The van der Waals surface area contributed by atoms with Gasteiger partial charge in [0.15, 0.2) is 0 Å². The number of carboxylic acid groups (broad SMARTS) is 1. The molecule has 0 unspecified atom stereocenters. The number of halogens is 3. The monoisotopic (exact) mass is 339 g/mol. The van der Waals surface area contributed by atoms with Crippen LogP contribution in [0.4, 0.5) is 8.78 Å². The summed E-state index contributed by atoms with van der Waals surface area (Å²) < 4.78 is 53.1. The molecule has 0 saturated heterocycles. The number of rotatable bonds is 6. The molecule has 0 radical (unpaired) electrons. The van der Waals surface area contributed by atoms with Crippen molar-refractivity contribution in [2.45, 2.75) is 30.2 Å². The number of carbonyl (C=O) groups is 1. The van der Waals surface area contributed by atoms with Crippen LogP contribution in [0.2, 0.25) is 5.02 Å². The molecule has 21 heavy (non-hydrogen) atoms. The summed E-state index contributed by atoms with van der Waals surface area (Å²) >= 11 is 5.46. The van der Waals surface area contributed by atoms with Gasteiger partial charge in [-0.3, -0.25) is 4.79 Å². The number of hydrogen-bond acceptors (Lipinski definition) is 3. The van der Waals surface area contributed by atoms with E-state index in [2.05, 4.69) is 4.72 Å². The predicted molar refractivity (Wildman–Crippen MR) is 70.5 cm³/mol. The highest BCUT2D eigenvalue weighted by atomic mass is 35.5. The Bertz CT molecular complexity index is 676. The molecule has 116 valence electrons. The first-order valence-corrected chi connectivity index (χ1v) is 7.95. The van der Waals surface area contributed by atoms with Crippen molar-refractivity contribution in [2.75, 3.05) is 0 Å². The van der Waals surface area contributed by atoms with Gasteiger partial charge in [0.2, 0.25) is 10.0 Å². The molecule has 0 heterocycles. The summed E-state index contributed by atoms with van der Waals surface area (Å²) in [6.07, 6.45) is 1.00. The van der Waals surface area contributed by atoms with Crippen molar-refractivity contribution in [1.82, 2.24) is 4.72 Å². The number of sulfonamides is 1. The van der Waals surface area contributed by atoms with E-state index < -0.39 is 50.0 Å². The molecule has 0 aliphatic heterocycles. The SMILES string of the molecule is O=C(O)C[C@H](NS(=O)(=O)c1cc(Cl)c(F)cc1F)C1CC1. The van der Waals surface area contributed by atoms with E-state index in [9.17, 15) is 22.0 Å². The summed E-state index contributed by atoms with van der Waals surface area (Å²) in [5, 5.41) is 8.25. The van der Waals surface area contributed by atoms with E-state index in [1.807, 2.05) is 0 Å². The molecule has 1 aromatic rings. The van der Waals surface area contributed by atoms with E-state index in [0.29, 0.717) is 25.0 Å². The van der Waals surface area contributed by atoms with Crippen molar-refractivity contribution >= 4 is 27.6 Å². The second kappa shape index (κ2) is 5.86. The highest BCUT2D eigenvalue weighted by Gasteiger charge is 2.36. The first kappa shape index (κ1) is 16.1. The van der Waals surface area contributed by atoms with Gasteiger partial charge in [0.05, 0.1) is 11.4 Å². The van der Waals surface area contributed by atoms with Gasteiger partial charge in [0.1, 0.15) is 16.5 Å². The average molecular weight is 340 g/mol. The normalized spacial score (nSPS) is 16.7. The third kappa shape index (κ3) is 3.90. The zero-order chi connectivity index (χ0) is 15.8. The summed E-state index contributed by atoms with van der Waals surface area (Å²) in [4.78, 5) is 9.95. The Morgan fingerprint density at radius 2 is 2.00 bits per heavy atom. The fraction of sp³-hybridized carbons (Fsp3) is 0.417. The highest BCUT2D eigenvalue weighted by Crippen LogP contribution is 2.35. The van der Waals surface area contributed by atoms with Crippen LogP contribution in [0.15, 0.2) is 17.0 Å². The van der Waals surface area contributed by atoms with E-state index in [4.69, 9.17) is 16.7 Å². The molecule has 2 N–H and O–H groups in total. The average Bonchev–Trinajstić information content (AvgIpc) is 3.15. The molecular formula is C12H12ClF2NO4S. The fourth-order valence-corrected chi connectivity index (χ4v) is 3.58. The Morgan fingerprint density at radius 3 is 2.52 bits per heavy atom. The van der Waals surface area contributed by atoms with Gasteiger partial charge in [-0.25, -0.2) is 21.9 Å². The van der Waals surface area contributed by atoms with Crippen molar-refractivity contribution in [3.05, 3.63) is 28.8 Å². The molecule has 1 fully saturated rings. The second-order valence-corrected chi connectivity index (χ2v) is 6.95. The van der Waals surface area contributed by atoms with Crippen molar-refractivity contribution in [1.29, 1.82) is 0 Å². The van der Waals surface area contributed by atoms with Crippen LogP contribution in [0.5, 0.6) is 0 Å². The Hall–Kier alpha value is -1.25. The van der Waals surface area contributed by atoms with E-state index in [0.717, 1.165) is 0 Å². The Kier molecular flexibility index (Phi) is 4.50. The lowest BCUT2D eigenvalue weighted by Gasteiger charge is -2.16. The zero-order valence-electron chi connectivity index (χ0n) is 10.6. The third-order valence-electron chi connectivity index (χ3n) is 3.16. The van der Waals surface area contributed by atoms with Crippen LogP contribution in [-0.2, 0) is 14.8 Å². The molecule has 0 bridgehead atoms. The maximum atomic E-state index is 13.6. The van der Waals surface area contributed by atoms with Gasteiger partial charge in [-0.15, -0.1) is 0 Å². The summed E-state index contributed by atoms with van der Waals surface area (Å²) in [6, 6.07) is 0.218. The number of nitrogens with one attached hydrogen (secondary N) is 1. The maximum Gasteiger partial charge on any atom is 0.304 e. The molecule has 1 aliphatic carbocycles. The molecule has 1 aromatic carbocycles. The zero-order valence-corrected chi connectivity index (χ0v) is 12.2. The summed E-state index contributed by atoms with van der Waals surface area (Å²) in [5.41, 5.74) is 0. The van der Waals surface area contributed by atoms with Crippen molar-refractivity contribution in [3.63, 3.8) is 0 Å². The van der Waals surface area contributed by atoms with Gasteiger partial charge in [0, 0.05) is 12.1 Å². The van der Waals surface area contributed by atoms with Gasteiger partial charge in [-0.1, -0.05) is 11.6 Å². The number of aliphatic carboxylic acids is 1. The molecule has 0 aromatic heterocycles.